The van der Waals surface area contributed by atoms with Crippen LogP contribution in [-0.4, -0.2) is 50.8 Å². The molecule has 9 heteroatoms. The molecule has 1 aromatic carbocycles. The lowest BCUT2D eigenvalue weighted by Crippen LogP contribution is -2.38. The number of rotatable bonds is 3. The predicted octanol–water partition coefficient (Wildman–Crippen LogP) is 3.10. The summed E-state index contributed by atoms with van der Waals surface area (Å²) < 4.78 is 55.8. The fourth-order valence-electron chi connectivity index (χ4n) is 3.62. The summed E-state index contributed by atoms with van der Waals surface area (Å²) in [6, 6.07) is 7.43. The van der Waals surface area contributed by atoms with E-state index in [4.69, 9.17) is 0 Å². The number of hydrogen-bond acceptors (Lipinski definition) is 3. The largest absolute Gasteiger partial charge is 0.324 e. The van der Waals surface area contributed by atoms with Crippen molar-refractivity contribution < 1.29 is 22.4 Å². The molecule has 5 nitrogen and oxygen atoms in total. The van der Waals surface area contributed by atoms with Crippen LogP contribution in [0.25, 0.3) is 0 Å². The van der Waals surface area contributed by atoms with Gasteiger partial charge in [-0.15, -0.1) is 5.10 Å². The van der Waals surface area contributed by atoms with Gasteiger partial charge in [0.25, 0.3) is 11.8 Å². The first-order chi connectivity index (χ1) is 12.4. The molecular weight excluding hydrogens is 352 g/mol. The van der Waals surface area contributed by atoms with E-state index in [1.807, 2.05) is 30.3 Å². The number of hydrogen-bond donors (Lipinski definition) is 0. The van der Waals surface area contributed by atoms with Crippen molar-refractivity contribution in [2.45, 2.75) is 37.0 Å². The zero-order chi connectivity index (χ0) is 18.5. The summed E-state index contributed by atoms with van der Waals surface area (Å²) in [5.41, 5.74) is 0.812. The van der Waals surface area contributed by atoms with Gasteiger partial charge in [-0.2, -0.15) is 0 Å². The molecule has 1 amide bonds. The highest BCUT2D eigenvalue weighted by Crippen LogP contribution is 2.39. The van der Waals surface area contributed by atoms with Crippen LogP contribution in [0.5, 0.6) is 0 Å². The fraction of sp³-hybridized carbons (Fsp3) is 0.471. The summed E-state index contributed by atoms with van der Waals surface area (Å²) in [6.07, 6.45) is -2.00. The Balaban J connectivity index is 1.64. The van der Waals surface area contributed by atoms with Crippen LogP contribution < -0.4 is 0 Å². The van der Waals surface area contributed by atoms with Crippen molar-refractivity contribution >= 4 is 5.91 Å². The average Bonchev–Trinajstić information content (AvgIpc) is 3.28. The van der Waals surface area contributed by atoms with Gasteiger partial charge in [0, 0.05) is 12.8 Å². The van der Waals surface area contributed by atoms with E-state index in [0.29, 0.717) is 0 Å². The second-order valence-corrected chi connectivity index (χ2v) is 6.67. The number of carbonyl (C=O) groups is 1. The zero-order valence-electron chi connectivity index (χ0n) is 13.7. The summed E-state index contributed by atoms with van der Waals surface area (Å²) in [5, 5.41) is 4.07. The van der Waals surface area contributed by atoms with E-state index in [1.54, 1.807) is 0 Å². The Morgan fingerprint density at radius 2 is 2.00 bits per heavy atom. The smallest absolute Gasteiger partial charge is 0.294 e. The van der Waals surface area contributed by atoms with Gasteiger partial charge in [0.1, 0.15) is 6.67 Å². The minimum atomic E-state index is -3.15. The second kappa shape index (κ2) is 6.07. The molecular formula is C17H16F4N4O. The van der Waals surface area contributed by atoms with Crippen LogP contribution in [0.1, 0.15) is 47.1 Å². The highest BCUT2D eigenvalue weighted by atomic mass is 19.3. The first kappa shape index (κ1) is 17.0. The normalized spacial score (nSPS) is 26.9. The van der Waals surface area contributed by atoms with Crippen molar-refractivity contribution in [1.82, 2.24) is 19.7 Å². The van der Waals surface area contributed by atoms with Crippen LogP contribution in [0.2, 0.25) is 0 Å². The Morgan fingerprint density at radius 3 is 2.69 bits per heavy atom. The molecule has 0 radical (unpaired) electrons. The summed E-state index contributed by atoms with van der Waals surface area (Å²) in [7, 11) is 0. The molecule has 0 aliphatic carbocycles. The van der Waals surface area contributed by atoms with Gasteiger partial charge in [0.05, 0.1) is 18.6 Å². The molecule has 1 fully saturated rings. The van der Waals surface area contributed by atoms with Crippen molar-refractivity contribution in [2.75, 3.05) is 13.2 Å². The van der Waals surface area contributed by atoms with Crippen LogP contribution in [0.15, 0.2) is 30.3 Å². The number of carbonyl (C=O) groups excluding carboxylic acids is 1. The van der Waals surface area contributed by atoms with Gasteiger partial charge in [-0.05, 0) is 5.56 Å². The Kier molecular flexibility index (Phi) is 3.96. The van der Waals surface area contributed by atoms with E-state index in [9.17, 15) is 22.4 Å². The Morgan fingerprint density at radius 1 is 1.27 bits per heavy atom. The summed E-state index contributed by atoms with van der Waals surface area (Å²) in [4.78, 5) is 17.2. The van der Waals surface area contributed by atoms with Crippen LogP contribution in [0.3, 0.4) is 0 Å². The third-order valence-electron chi connectivity index (χ3n) is 4.85. The van der Waals surface area contributed by atoms with Gasteiger partial charge in [0.2, 0.25) is 5.82 Å². The van der Waals surface area contributed by atoms with E-state index < -0.39 is 49.7 Å². The molecule has 3 heterocycles. The lowest BCUT2D eigenvalue weighted by atomic mass is 10.0. The van der Waals surface area contributed by atoms with E-state index >= 15 is 0 Å². The van der Waals surface area contributed by atoms with Gasteiger partial charge in [-0.3, -0.25) is 4.79 Å². The van der Waals surface area contributed by atoms with Crippen molar-refractivity contribution in [3.63, 3.8) is 0 Å². The molecule has 138 valence electrons. The lowest BCUT2D eigenvalue weighted by Gasteiger charge is -2.20. The standard InChI is InChI=1S/C17H16F4N4O/c18-8-11-7-17(20,21)9-24(11)16(26)14-22-15-12(19)6-13(25(15)23-14)10-4-2-1-3-5-10/h1-5,11-13H,6-9H2. The number of likely N-dealkylation sites (tertiary alicyclic amines) is 1. The minimum absolute atomic E-state index is 0.00930. The van der Waals surface area contributed by atoms with E-state index in [2.05, 4.69) is 10.1 Å². The summed E-state index contributed by atoms with van der Waals surface area (Å²) >= 11 is 0. The molecule has 2 aliphatic heterocycles. The van der Waals surface area contributed by atoms with Crippen molar-refractivity contribution in [3.8, 4) is 0 Å². The van der Waals surface area contributed by atoms with Gasteiger partial charge in [0.15, 0.2) is 12.0 Å². The van der Waals surface area contributed by atoms with Gasteiger partial charge >= 0.3 is 0 Å². The fourth-order valence-corrected chi connectivity index (χ4v) is 3.62. The molecule has 26 heavy (non-hydrogen) atoms. The topological polar surface area (TPSA) is 51.0 Å². The number of alkyl halides is 4. The Labute approximate surface area is 146 Å². The lowest BCUT2D eigenvalue weighted by molar-refractivity contribution is 0.0115. The number of nitrogens with zero attached hydrogens (tertiary/aromatic N) is 4. The van der Waals surface area contributed by atoms with Crippen LogP contribution in [0, 0.1) is 0 Å². The molecule has 2 aromatic rings. The molecule has 0 N–H and O–H groups in total. The maximum atomic E-state index is 14.3. The molecule has 4 rings (SSSR count). The molecule has 1 saturated heterocycles. The maximum absolute atomic E-state index is 14.3. The molecule has 2 aliphatic rings. The zero-order valence-corrected chi connectivity index (χ0v) is 13.7. The minimum Gasteiger partial charge on any atom is -0.324 e. The van der Waals surface area contributed by atoms with E-state index in [0.717, 1.165) is 10.5 Å². The van der Waals surface area contributed by atoms with E-state index in [1.165, 1.54) is 4.68 Å². The van der Waals surface area contributed by atoms with Crippen LogP contribution in [-0.2, 0) is 0 Å². The highest BCUT2D eigenvalue weighted by molar-refractivity contribution is 5.91. The van der Waals surface area contributed by atoms with Crippen molar-refractivity contribution in [2.24, 2.45) is 0 Å². The Hall–Kier alpha value is -2.45. The Bertz CT molecular complexity index is 825. The van der Waals surface area contributed by atoms with Crippen LogP contribution >= 0.6 is 0 Å². The van der Waals surface area contributed by atoms with Crippen molar-refractivity contribution in [1.29, 1.82) is 0 Å². The molecule has 1 aromatic heterocycles. The maximum Gasteiger partial charge on any atom is 0.294 e. The van der Waals surface area contributed by atoms with Crippen molar-refractivity contribution in [3.05, 3.63) is 47.5 Å². The number of fused-ring (bicyclic) bond motifs is 1. The summed E-state index contributed by atoms with van der Waals surface area (Å²) in [5.74, 6) is -4.43. The number of aromatic nitrogens is 3. The first-order valence-corrected chi connectivity index (χ1v) is 8.30. The quantitative estimate of drug-likeness (QED) is 0.783. The highest BCUT2D eigenvalue weighted by Gasteiger charge is 2.48. The first-order valence-electron chi connectivity index (χ1n) is 8.30. The van der Waals surface area contributed by atoms with Gasteiger partial charge < -0.3 is 4.90 Å². The molecule has 3 atom stereocenters. The summed E-state index contributed by atoms with van der Waals surface area (Å²) in [6.45, 7) is -1.96. The second-order valence-electron chi connectivity index (χ2n) is 6.67. The predicted molar refractivity (Wildman–Crippen MR) is 83.4 cm³/mol. The average molecular weight is 368 g/mol. The third-order valence-corrected chi connectivity index (χ3v) is 4.85. The molecule has 3 unspecified atom stereocenters. The van der Waals surface area contributed by atoms with Gasteiger partial charge in [-0.25, -0.2) is 27.2 Å². The molecule has 0 spiro atoms. The number of amides is 1. The van der Waals surface area contributed by atoms with Gasteiger partial charge in [-0.1, -0.05) is 30.3 Å². The number of halogens is 4. The monoisotopic (exact) mass is 368 g/mol. The molecule has 0 saturated carbocycles. The van der Waals surface area contributed by atoms with E-state index in [-0.39, 0.29) is 18.1 Å². The SMILES string of the molecule is O=C(c1nc2n(n1)C(c1ccccc1)CC2F)N1CC(F)(F)CC1CF. The van der Waals surface area contributed by atoms with Crippen LogP contribution in [0.4, 0.5) is 17.6 Å². The third kappa shape index (κ3) is 2.75. The number of benzene rings is 1. The molecule has 0 bridgehead atoms.